The van der Waals surface area contributed by atoms with Gasteiger partial charge in [0.15, 0.2) is 0 Å². The normalized spacial score (nSPS) is 21.9. The summed E-state index contributed by atoms with van der Waals surface area (Å²) in [7, 11) is 0. The standard InChI is InChI=1S/C16H25FN2O/c1-2-18-16(14-7-3-4-8-15(14)17)9-11-19-10-5-6-13(20)12-19/h3-4,7-8,13,16,18,20H,2,5-6,9-12H2,1H3. The van der Waals surface area contributed by atoms with Crippen LogP contribution in [0.3, 0.4) is 0 Å². The Morgan fingerprint density at radius 2 is 2.25 bits per heavy atom. The Balaban J connectivity index is 1.94. The predicted octanol–water partition coefficient (Wildman–Crippen LogP) is 2.32. The summed E-state index contributed by atoms with van der Waals surface area (Å²) in [6.07, 6.45) is 2.61. The van der Waals surface area contributed by atoms with Crippen LogP contribution >= 0.6 is 0 Å². The summed E-state index contributed by atoms with van der Waals surface area (Å²) in [5, 5.41) is 13.1. The van der Waals surface area contributed by atoms with E-state index < -0.39 is 0 Å². The molecule has 1 heterocycles. The van der Waals surface area contributed by atoms with Crippen LogP contribution in [0.25, 0.3) is 0 Å². The zero-order valence-corrected chi connectivity index (χ0v) is 12.2. The van der Waals surface area contributed by atoms with Gasteiger partial charge in [0, 0.05) is 24.7 Å². The first-order chi connectivity index (χ1) is 9.70. The Morgan fingerprint density at radius 3 is 2.95 bits per heavy atom. The Labute approximate surface area is 120 Å². The number of nitrogens with zero attached hydrogens (tertiary/aromatic N) is 1. The van der Waals surface area contributed by atoms with E-state index in [4.69, 9.17) is 0 Å². The molecule has 0 aliphatic carbocycles. The molecule has 0 radical (unpaired) electrons. The number of benzene rings is 1. The maximum atomic E-state index is 13.9. The summed E-state index contributed by atoms with van der Waals surface area (Å²) in [6.45, 7) is 5.53. The molecule has 1 aromatic carbocycles. The molecule has 0 aromatic heterocycles. The van der Waals surface area contributed by atoms with E-state index in [-0.39, 0.29) is 18.0 Å². The van der Waals surface area contributed by atoms with Crippen molar-refractivity contribution in [2.75, 3.05) is 26.2 Å². The molecule has 1 saturated heterocycles. The first kappa shape index (κ1) is 15.4. The van der Waals surface area contributed by atoms with Gasteiger partial charge in [0.25, 0.3) is 0 Å². The second-order valence-electron chi connectivity index (χ2n) is 5.52. The Bertz CT molecular complexity index is 413. The topological polar surface area (TPSA) is 35.5 Å². The smallest absolute Gasteiger partial charge is 0.127 e. The number of aliphatic hydroxyl groups is 1. The number of hydrogen-bond donors (Lipinski definition) is 2. The quantitative estimate of drug-likeness (QED) is 0.839. The van der Waals surface area contributed by atoms with E-state index in [9.17, 15) is 9.50 Å². The second-order valence-corrected chi connectivity index (χ2v) is 5.52. The van der Waals surface area contributed by atoms with E-state index in [1.54, 1.807) is 6.07 Å². The van der Waals surface area contributed by atoms with Gasteiger partial charge in [0.1, 0.15) is 5.82 Å². The van der Waals surface area contributed by atoms with Crippen LogP contribution in [-0.4, -0.2) is 42.3 Å². The molecule has 1 aromatic rings. The highest BCUT2D eigenvalue weighted by atomic mass is 19.1. The van der Waals surface area contributed by atoms with E-state index in [1.807, 2.05) is 19.1 Å². The van der Waals surface area contributed by atoms with Gasteiger partial charge in [-0.05, 0) is 38.4 Å². The molecule has 1 fully saturated rings. The van der Waals surface area contributed by atoms with Crippen LogP contribution in [0.2, 0.25) is 0 Å². The van der Waals surface area contributed by atoms with Crippen molar-refractivity contribution in [2.24, 2.45) is 0 Å². The van der Waals surface area contributed by atoms with Crippen molar-refractivity contribution in [3.8, 4) is 0 Å². The molecule has 2 unspecified atom stereocenters. The number of aliphatic hydroxyl groups excluding tert-OH is 1. The van der Waals surface area contributed by atoms with Crippen LogP contribution in [0.5, 0.6) is 0 Å². The first-order valence-corrected chi connectivity index (χ1v) is 7.59. The lowest BCUT2D eigenvalue weighted by molar-refractivity contribution is 0.0685. The van der Waals surface area contributed by atoms with E-state index in [0.29, 0.717) is 0 Å². The fourth-order valence-corrected chi connectivity index (χ4v) is 2.92. The van der Waals surface area contributed by atoms with E-state index in [2.05, 4.69) is 10.2 Å². The SMILES string of the molecule is CCNC(CCN1CCCC(O)C1)c1ccccc1F. The third-order valence-corrected chi connectivity index (χ3v) is 3.95. The van der Waals surface area contributed by atoms with Gasteiger partial charge in [-0.2, -0.15) is 0 Å². The lowest BCUT2D eigenvalue weighted by Crippen LogP contribution is -2.39. The summed E-state index contributed by atoms with van der Waals surface area (Å²) >= 11 is 0. The molecule has 1 aliphatic heterocycles. The second kappa shape index (κ2) is 7.72. The van der Waals surface area contributed by atoms with Crippen LogP contribution in [0.1, 0.15) is 37.8 Å². The van der Waals surface area contributed by atoms with Crippen molar-refractivity contribution in [2.45, 2.75) is 38.3 Å². The van der Waals surface area contributed by atoms with Crippen molar-refractivity contribution >= 4 is 0 Å². The van der Waals surface area contributed by atoms with E-state index in [1.165, 1.54) is 6.07 Å². The van der Waals surface area contributed by atoms with Crippen LogP contribution in [0.4, 0.5) is 4.39 Å². The molecule has 0 amide bonds. The van der Waals surface area contributed by atoms with Gasteiger partial charge in [0.05, 0.1) is 6.10 Å². The van der Waals surface area contributed by atoms with Crippen LogP contribution < -0.4 is 5.32 Å². The van der Waals surface area contributed by atoms with E-state index in [0.717, 1.165) is 51.0 Å². The predicted molar refractivity (Wildman–Crippen MR) is 79.1 cm³/mol. The highest BCUT2D eigenvalue weighted by Crippen LogP contribution is 2.21. The molecule has 4 heteroatoms. The van der Waals surface area contributed by atoms with Gasteiger partial charge >= 0.3 is 0 Å². The monoisotopic (exact) mass is 280 g/mol. The van der Waals surface area contributed by atoms with Crippen molar-refractivity contribution < 1.29 is 9.50 Å². The van der Waals surface area contributed by atoms with Gasteiger partial charge in [-0.15, -0.1) is 0 Å². The van der Waals surface area contributed by atoms with Crippen LogP contribution in [0, 0.1) is 5.82 Å². The number of hydrogen-bond acceptors (Lipinski definition) is 3. The minimum absolute atomic E-state index is 0.0419. The number of likely N-dealkylation sites (tertiary alicyclic amines) is 1. The summed E-state index contributed by atoms with van der Waals surface area (Å²) in [5.41, 5.74) is 0.743. The molecular weight excluding hydrogens is 255 g/mol. The van der Waals surface area contributed by atoms with Crippen LogP contribution in [-0.2, 0) is 0 Å². The minimum atomic E-state index is -0.199. The third kappa shape index (κ3) is 4.27. The molecule has 2 atom stereocenters. The Morgan fingerprint density at radius 1 is 1.45 bits per heavy atom. The average Bonchev–Trinajstić information content (AvgIpc) is 2.44. The van der Waals surface area contributed by atoms with E-state index >= 15 is 0 Å². The van der Waals surface area contributed by atoms with Gasteiger partial charge in [-0.25, -0.2) is 4.39 Å². The zero-order valence-electron chi connectivity index (χ0n) is 12.2. The maximum Gasteiger partial charge on any atom is 0.127 e. The summed E-state index contributed by atoms with van der Waals surface area (Å²) in [6, 6.07) is 7.02. The summed E-state index contributed by atoms with van der Waals surface area (Å²) in [4.78, 5) is 2.28. The molecule has 0 spiro atoms. The molecule has 2 rings (SSSR count). The minimum Gasteiger partial charge on any atom is -0.392 e. The fraction of sp³-hybridized carbons (Fsp3) is 0.625. The molecular formula is C16H25FN2O. The zero-order chi connectivity index (χ0) is 14.4. The Kier molecular flexibility index (Phi) is 5.95. The third-order valence-electron chi connectivity index (χ3n) is 3.95. The number of halogens is 1. The van der Waals surface area contributed by atoms with Gasteiger partial charge in [-0.3, -0.25) is 0 Å². The molecule has 112 valence electrons. The van der Waals surface area contributed by atoms with Gasteiger partial charge in [-0.1, -0.05) is 25.1 Å². The summed E-state index contributed by atoms with van der Waals surface area (Å²) in [5.74, 6) is -0.142. The number of nitrogens with one attached hydrogen (secondary N) is 1. The Hall–Kier alpha value is -0.970. The van der Waals surface area contributed by atoms with Crippen molar-refractivity contribution in [3.05, 3.63) is 35.6 Å². The fourth-order valence-electron chi connectivity index (χ4n) is 2.92. The van der Waals surface area contributed by atoms with Crippen LogP contribution in [0.15, 0.2) is 24.3 Å². The molecule has 2 N–H and O–H groups in total. The molecule has 1 aliphatic rings. The van der Waals surface area contributed by atoms with Crippen molar-refractivity contribution in [1.82, 2.24) is 10.2 Å². The van der Waals surface area contributed by atoms with Gasteiger partial charge in [0.2, 0.25) is 0 Å². The summed E-state index contributed by atoms with van der Waals surface area (Å²) < 4.78 is 13.9. The lowest BCUT2D eigenvalue weighted by Gasteiger charge is -2.31. The average molecular weight is 280 g/mol. The largest absolute Gasteiger partial charge is 0.392 e. The highest BCUT2D eigenvalue weighted by molar-refractivity contribution is 5.21. The van der Waals surface area contributed by atoms with Gasteiger partial charge < -0.3 is 15.3 Å². The number of piperidine rings is 1. The number of β-amino-alcohol motifs (C(OH)–C–C–N with tert-alkyl or cyclic N) is 1. The maximum absolute atomic E-state index is 13.9. The first-order valence-electron chi connectivity index (χ1n) is 7.59. The molecule has 0 saturated carbocycles. The number of rotatable bonds is 6. The highest BCUT2D eigenvalue weighted by Gasteiger charge is 2.20. The molecule has 3 nitrogen and oxygen atoms in total. The lowest BCUT2D eigenvalue weighted by atomic mass is 10.0. The van der Waals surface area contributed by atoms with Crippen molar-refractivity contribution in [1.29, 1.82) is 0 Å². The van der Waals surface area contributed by atoms with Crippen molar-refractivity contribution in [3.63, 3.8) is 0 Å². The molecule has 0 bridgehead atoms. The molecule has 20 heavy (non-hydrogen) atoms.